The molecule has 0 radical (unpaired) electrons. The lowest BCUT2D eigenvalue weighted by atomic mass is 10.0. The van der Waals surface area contributed by atoms with Gasteiger partial charge in [0, 0.05) is 54.2 Å². The van der Waals surface area contributed by atoms with E-state index >= 15 is 4.39 Å². The van der Waals surface area contributed by atoms with Crippen LogP contribution in [0.5, 0.6) is 17.2 Å². The number of anilines is 1. The number of rotatable bonds is 9. The first-order valence-electron chi connectivity index (χ1n) is 12.4. The summed E-state index contributed by atoms with van der Waals surface area (Å²) < 4.78 is 60.9. The molecule has 10 nitrogen and oxygen atoms in total. The molecule has 2 saturated heterocycles. The van der Waals surface area contributed by atoms with Crippen molar-refractivity contribution >= 4 is 44.2 Å². The summed E-state index contributed by atoms with van der Waals surface area (Å²) >= 11 is 7.52. The number of thiazole rings is 1. The average Bonchev–Trinajstić information content (AvgIpc) is 3.55. The van der Waals surface area contributed by atoms with E-state index in [1.165, 1.54) is 25.3 Å². The van der Waals surface area contributed by atoms with E-state index in [1.54, 1.807) is 23.6 Å². The molecular formula is C26H27ClFN3O7S2. The SMILES string of the molecule is COc1ccc(CN(c2nccs2)S(=O)(=O)c2cc(Cl)c(O[C@@H]3C[C@H]4CC[C@@H](C3)N4C(=O)O)cc2F)c(OC)c1. The monoisotopic (exact) mass is 611 g/mol. The summed E-state index contributed by atoms with van der Waals surface area (Å²) in [6, 6.07) is 6.61. The fourth-order valence-electron chi connectivity index (χ4n) is 5.36. The number of nitrogens with zero attached hydrogens (tertiary/aromatic N) is 3. The number of carbonyl (C=O) groups is 1. The third-order valence-corrected chi connectivity index (χ3v) is 10.2. The van der Waals surface area contributed by atoms with Gasteiger partial charge in [0.25, 0.3) is 10.0 Å². The van der Waals surface area contributed by atoms with Crippen LogP contribution in [-0.2, 0) is 16.6 Å². The van der Waals surface area contributed by atoms with Crippen molar-refractivity contribution in [1.82, 2.24) is 9.88 Å². The van der Waals surface area contributed by atoms with E-state index in [4.69, 9.17) is 25.8 Å². The third-order valence-electron chi connectivity index (χ3n) is 7.20. The molecule has 3 heterocycles. The van der Waals surface area contributed by atoms with Gasteiger partial charge in [0.2, 0.25) is 0 Å². The molecule has 2 aliphatic rings. The van der Waals surface area contributed by atoms with E-state index in [9.17, 15) is 18.3 Å². The normalized spacial score (nSPS) is 20.3. The number of ether oxygens (including phenoxy) is 3. The molecule has 0 aliphatic carbocycles. The number of carboxylic acid groups (broad SMARTS) is 1. The van der Waals surface area contributed by atoms with Crippen molar-refractivity contribution in [3.8, 4) is 17.2 Å². The first-order valence-corrected chi connectivity index (χ1v) is 15.1. The van der Waals surface area contributed by atoms with Gasteiger partial charge < -0.3 is 24.2 Å². The molecule has 1 aromatic heterocycles. The number of aromatic nitrogens is 1. The molecule has 214 valence electrons. The zero-order valence-corrected chi connectivity index (χ0v) is 24.0. The largest absolute Gasteiger partial charge is 0.497 e. The van der Waals surface area contributed by atoms with Gasteiger partial charge in [0.15, 0.2) is 5.13 Å². The van der Waals surface area contributed by atoms with Crippen LogP contribution in [0.4, 0.5) is 14.3 Å². The molecule has 0 spiro atoms. The number of fused-ring (bicyclic) bond motifs is 2. The maximum absolute atomic E-state index is 15.5. The Morgan fingerprint density at radius 1 is 1.18 bits per heavy atom. The Bertz CT molecular complexity index is 1490. The number of hydrogen-bond acceptors (Lipinski definition) is 8. The van der Waals surface area contributed by atoms with Crippen LogP contribution < -0.4 is 18.5 Å². The average molecular weight is 612 g/mol. The number of halogens is 2. The van der Waals surface area contributed by atoms with Crippen LogP contribution in [0.1, 0.15) is 31.2 Å². The van der Waals surface area contributed by atoms with Crippen molar-refractivity contribution < 1.29 is 36.9 Å². The van der Waals surface area contributed by atoms with Gasteiger partial charge in [-0.2, -0.15) is 0 Å². The van der Waals surface area contributed by atoms with Gasteiger partial charge in [-0.3, -0.25) is 0 Å². The van der Waals surface area contributed by atoms with E-state index < -0.39 is 26.8 Å². The third kappa shape index (κ3) is 5.37. The van der Waals surface area contributed by atoms with E-state index in [2.05, 4.69) is 4.98 Å². The van der Waals surface area contributed by atoms with Crippen molar-refractivity contribution in [3.05, 3.63) is 58.3 Å². The summed E-state index contributed by atoms with van der Waals surface area (Å²) in [6.45, 7) is -0.191. The van der Waals surface area contributed by atoms with Gasteiger partial charge in [0.1, 0.15) is 34.1 Å². The Kier molecular flexibility index (Phi) is 7.98. The summed E-state index contributed by atoms with van der Waals surface area (Å²) in [5, 5.41) is 11.2. The number of piperidine rings is 1. The summed E-state index contributed by atoms with van der Waals surface area (Å²) in [6.07, 6.45) is 2.49. The molecular weight excluding hydrogens is 585 g/mol. The zero-order valence-electron chi connectivity index (χ0n) is 21.6. The molecule has 2 bridgehead atoms. The van der Waals surface area contributed by atoms with E-state index in [0.717, 1.165) is 40.6 Å². The summed E-state index contributed by atoms with van der Waals surface area (Å²) in [4.78, 5) is 16.6. The molecule has 2 aliphatic heterocycles. The van der Waals surface area contributed by atoms with E-state index in [0.29, 0.717) is 29.9 Å². The number of benzene rings is 2. The van der Waals surface area contributed by atoms with Crippen LogP contribution in [0.2, 0.25) is 5.02 Å². The van der Waals surface area contributed by atoms with Gasteiger partial charge in [-0.15, -0.1) is 11.3 Å². The van der Waals surface area contributed by atoms with Crippen molar-refractivity contribution in [2.75, 3.05) is 18.5 Å². The first-order chi connectivity index (χ1) is 19.1. The van der Waals surface area contributed by atoms with Crippen LogP contribution >= 0.6 is 22.9 Å². The van der Waals surface area contributed by atoms with Gasteiger partial charge in [-0.05, 0) is 31.0 Å². The van der Waals surface area contributed by atoms with E-state index in [-0.39, 0.29) is 40.6 Å². The second kappa shape index (κ2) is 11.3. The Morgan fingerprint density at radius 2 is 1.90 bits per heavy atom. The Hall–Kier alpha value is -3.29. The Balaban J connectivity index is 1.43. The van der Waals surface area contributed by atoms with Crippen LogP contribution in [0.25, 0.3) is 0 Å². The fraction of sp³-hybridized carbons (Fsp3) is 0.385. The summed E-state index contributed by atoms with van der Waals surface area (Å²) in [7, 11) is -1.52. The van der Waals surface area contributed by atoms with Crippen LogP contribution in [0.15, 0.2) is 46.8 Å². The van der Waals surface area contributed by atoms with Gasteiger partial charge in [0.05, 0.1) is 25.8 Å². The highest BCUT2D eigenvalue weighted by Gasteiger charge is 2.44. The van der Waals surface area contributed by atoms with Gasteiger partial charge in [-0.1, -0.05) is 11.6 Å². The number of methoxy groups -OCH3 is 2. The molecule has 2 fully saturated rings. The first kappa shape index (κ1) is 28.2. The summed E-state index contributed by atoms with van der Waals surface area (Å²) in [5.41, 5.74) is 0.510. The van der Waals surface area contributed by atoms with Crippen LogP contribution in [-0.4, -0.2) is 61.9 Å². The highest BCUT2D eigenvalue weighted by atomic mass is 35.5. The Morgan fingerprint density at radius 3 is 2.50 bits per heavy atom. The molecule has 3 aromatic rings. The molecule has 2 aromatic carbocycles. The molecule has 0 saturated carbocycles. The lowest BCUT2D eigenvalue weighted by molar-refractivity contribution is 0.0495. The second-order valence-electron chi connectivity index (χ2n) is 9.50. The highest BCUT2D eigenvalue weighted by Crippen LogP contribution is 2.40. The van der Waals surface area contributed by atoms with Crippen molar-refractivity contribution in [2.45, 2.75) is 55.3 Å². The number of sulfonamides is 1. The topological polar surface area (TPSA) is 118 Å². The second-order valence-corrected chi connectivity index (χ2v) is 12.6. The lowest BCUT2D eigenvalue weighted by Gasteiger charge is -2.37. The molecule has 1 N–H and O–H groups in total. The highest BCUT2D eigenvalue weighted by molar-refractivity contribution is 7.93. The van der Waals surface area contributed by atoms with E-state index in [1.807, 2.05) is 0 Å². The maximum atomic E-state index is 15.5. The van der Waals surface area contributed by atoms with Crippen LogP contribution in [0.3, 0.4) is 0 Å². The molecule has 1 amide bonds. The predicted octanol–water partition coefficient (Wildman–Crippen LogP) is 5.40. The fourth-order valence-corrected chi connectivity index (χ4v) is 7.98. The number of hydrogen-bond donors (Lipinski definition) is 1. The quantitative estimate of drug-likeness (QED) is 0.342. The van der Waals surface area contributed by atoms with Gasteiger partial charge >= 0.3 is 6.09 Å². The standard InChI is InChI=1S/C26H27ClFN3O7S2/c1-36-18-6-3-15(22(11-18)37-2)14-30(25-29-7-8-39-25)40(34,35)24-12-20(27)23(13-21(24)28)38-19-9-16-4-5-17(10-19)31(16)26(32)33/h3,6-8,11-13,16-17,19H,4-5,9-10,14H2,1-2H3,(H,32,33)/t16-,17+,19-. The van der Waals surface area contributed by atoms with Crippen molar-refractivity contribution in [3.63, 3.8) is 0 Å². The minimum absolute atomic E-state index is 0.00362. The number of amides is 1. The zero-order chi connectivity index (χ0) is 28.6. The molecule has 3 atom stereocenters. The Labute approximate surface area is 239 Å². The van der Waals surface area contributed by atoms with Crippen molar-refractivity contribution in [2.24, 2.45) is 0 Å². The van der Waals surface area contributed by atoms with Crippen molar-refractivity contribution in [1.29, 1.82) is 0 Å². The molecule has 14 heteroatoms. The molecule has 40 heavy (non-hydrogen) atoms. The van der Waals surface area contributed by atoms with Crippen LogP contribution in [0, 0.1) is 5.82 Å². The van der Waals surface area contributed by atoms with Gasteiger partial charge in [-0.25, -0.2) is 26.9 Å². The lowest BCUT2D eigenvalue weighted by Crippen LogP contribution is -2.48. The minimum atomic E-state index is -4.48. The summed E-state index contributed by atoms with van der Waals surface area (Å²) in [5.74, 6) is -0.113. The smallest absolute Gasteiger partial charge is 0.407 e. The molecule has 5 rings (SSSR count). The molecule has 0 unspecified atom stereocenters. The predicted molar refractivity (Wildman–Crippen MR) is 147 cm³/mol. The minimum Gasteiger partial charge on any atom is -0.497 e. The maximum Gasteiger partial charge on any atom is 0.407 e.